The quantitative estimate of drug-likeness (QED) is 0.744. The number of carbonyl (C=O) groups is 2. The lowest BCUT2D eigenvalue weighted by Crippen LogP contribution is -2.49. The van der Waals surface area contributed by atoms with Crippen LogP contribution in [0.25, 0.3) is 0 Å². The van der Waals surface area contributed by atoms with Crippen LogP contribution in [0, 0.1) is 5.41 Å². The third-order valence-electron chi connectivity index (χ3n) is 3.24. The number of halogens is 3. The van der Waals surface area contributed by atoms with Crippen LogP contribution >= 0.6 is 0 Å². The summed E-state index contributed by atoms with van der Waals surface area (Å²) in [5.74, 6) is -1.95. The van der Waals surface area contributed by atoms with Crippen LogP contribution < -0.4 is 5.32 Å². The molecule has 0 aromatic carbocycles. The Bertz CT molecular complexity index is 375. The number of nitrogens with one attached hydrogen (secondary N) is 1. The van der Waals surface area contributed by atoms with Gasteiger partial charge in [-0.15, -0.1) is 0 Å². The molecule has 116 valence electrons. The van der Waals surface area contributed by atoms with Crippen LogP contribution in [0.3, 0.4) is 0 Å². The van der Waals surface area contributed by atoms with Gasteiger partial charge in [0.15, 0.2) is 5.41 Å². The van der Waals surface area contributed by atoms with Gasteiger partial charge in [0, 0.05) is 26.2 Å². The molecule has 0 bridgehead atoms. The summed E-state index contributed by atoms with van der Waals surface area (Å²) in [7, 11) is 0. The molecule has 20 heavy (non-hydrogen) atoms. The van der Waals surface area contributed by atoms with E-state index in [1.165, 1.54) is 0 Å². The zero-order chi connectivity index (χ0) is 15.4. The van der Waals surface area contributed by atoms with Gasteiger partial charge in [-0.05, 0) is 13.3 Å². The van der Waals surface area contributed by atoms with Crippen LogP contribution in [0.4, 0.5) is 18.0 Å². The lowest BCUT2D eigenvalue weighted by molar-refractivity contribution is -0.226. The van der Waals surface area contributed by atoms with E-state index < -0.39 is 36.6 Å². The molecule has 0 saturated carbocycles. The maximum atomic E-state index is 12.9. The molecule has 1 aliphatic rings. The van der Waals surface area contributed by atoms with Crippen LogP contribution in [-0.4, -0.2) is 61.0 Å². The number of hydrogen-bond donors (Lipinski definition) is 2. The first-order valence-electron chi connectivity index (χ1n) is 6.15. The molecule has 9 heteroatoms. The zero-order valence-electron chi connectivity index (χ0n) is 11.0. The van der Waals surface area contributed by atoms with Crippen LogP contribution in [0.5, 0.6) is 0 Å². The van der Waals surface area contributed by atoms with E-state index in [1.807, 2.05) is 0 Å². The minimum atomic E-state index is -4.89. The molecule has 2 amide bonds. The van der Waals surface area contributed by atoms with E-state index >= 15 is 0 Å². The molecular formula is C11H17F3N2O4. The summed E-state index contributed by atoms with van der Waals surface area (Å²) < 4.78 is 43.7. The van der Waals surface area contributed by atoms with E-state index in [-0.39, 0.29) is 19.7 Å². The van der Waals surface area contributed by atoms with E-state index in [0.29, 0.717) is 6.61 Å². The molecule has 1 saturated heterocycles. The Morgan fingerprint density at radius 2 is 2.10 bits per heavy atom. The molecule has 2 N–H and O–H groups in total. The number of carboxylic acids is 1. The second-order valence-corrected chi connectivity index (χ2v) is 4.49. The summed E-state index contributed by atoms with van der Waals surface area (Å²) in [6.45, 7) is 1.54. The Labute approximate surface area is 113 Å². The first kappa shape index (κ1) is 16.5. The number of nitrogens with zero attached hydrogens (tertiary/aromatic N) is 1. The monoisotopic (exact) mass is 298 g/mol. The van der Waals surface area contributed by atoms with Crippen molar-refractivity contribution < 1.29 is 32.6 Å². The standard InChI is InChI=1S/C11H17F3N2O4/c1-2-20-6-4-15-9(19)16-5-3-10(7-16,8(17)18)11(12,13)14/h2-7H2,1H3,(H,15,19)(H,17,18). The van der Waals surface area contributed by atoms with Gasteiger partial charge < -0.3 is 20.1 Å². The average molecular weight is 298 g/mol. The summed E-state index contributed by atoms with van der Waals surface area (Å²) in [5, 5.41) is 11.2. The number of hydrogen-bond acceptors (Lipinski definition) is 3. The van der Waals surface area contributed by atoms with E-state index in [9.17, 15) is 22.8 Å². The summed E-state index contributed by atoms with van der Waals surface area (Å²) in [5.41, 5.74) is -2.87. The Balaban J connectivity index is 2.61. The number of amides is 2. The van der Waals surface area contributed by atoms with Crippen LogP contribution in [-0.2, 0) is 9.53 Å². The highest BCUT2D eigenvalue weighted by Gasteiger charge is 2.64. The van der Waals surface area contributed by atoms with Crippen molar-refractivity contribution in [3.8, 4) is 0 Å². The van der Waals surface area contributed by atoms with Crippen molar-refractivity contribution in [3.63, 3.8) is 0 Å². The van der Waals surface area contributed by atoms with E-state index in [2.05, 4.69) is 5.32 Å². The summed E-state index contributed by atoms with van der Waals surface area (Å²) >= 11 is 0. The number of alkyl halides is 3. The Morgan fingerprint density at radius 3 is 2.55 bits per heavy atom. The van der Waals surface area contributed by atoms with E-state index in [1.54, 1.807) is 6.92 Å². The number of rotatable bonds is 5. The van der Waals surface area contributed by atoms with Gasteiger partial charge in [-0.1, -0.05) is 0 Å². The lowest BCUT2D eigenvalue weighted by Gasteiger charge is -2.27. The van der Waals surface area contributed by atoms with Crippen molar-refractivity contribution in [1.29, 1.82) is 0 Å². The maximum absolute atomic E-state index is 12.9. The first-order valence-corrected chi connectivity index (χ1v) is 6.15. The normalized spacial score (nSPS) is 22.9. The topological polar surface area (TPSA) is 78.9 Å². The fourth-order valence-electron chi connectivity index (χ4n) is 2.00. The molecule has 0 aromatic heterocycles. The fourth-order valence-corrected chi connectivity index (χ4v) is 2.00. The largest absolute Gasteiger partial charge is 0.481 e. The van der Waals surface area contributed by atoms with Crippen LogP contribution in [0.1, 0.15) is 13.3 Å². The van der Waals surface area contributed by atoms with Gasteiger partial charge in [-0.2, -0.15) is 13.2 Å². The third-order valence-corrected chi connectivity index (χ3v) is 3.24. The van der Waals surface area contributed by atoms with Crippen LogP contribution in [0.2, 0.25) is 0 Å². The molecular weight excluding hydrogens is 281 g/mol. The van der Waals surface area contributed by atoms with Crippen molar-refractivity contribution in [2.75, 3.05) is 32.8 Å². The predicted molar refractivity (Wildman–Crippen MR) is 62.2 cm³/mol. The molecule has 0 radical (unpaired) electrons. The molecule has 0 spiro atoms. The molecule has 1 atom stereocenters. The third kappa shape index (κ3) is 3.33. The van der Waals surface area contributed by atoms with Crippen molar-refractivity contribution in [1.82, 2.24) is 10.2 Å². The van der Waals surface area contributed by atoms with Crippen LogP contribution in [0.15, 0.2) is 0 Å². The minimum Gasteiger partial charge on any atom is -0.481 e. The summed E-state index contributed by atoms with van der Waals surface area (Å²) in [4.78, 5) is 23.5. The van der Waals surface area contributed by atoms with Crippen molar-refractivity contribution in [2.45, 2.75) is 19.5 Å². The molecule has 1 rings (SSSR count). The Morgan fingerprint density at radius 1 is 1.45 bits per heavy atom. The zero-order valence-corrected chi connectivity index (χ0v) is 11.0. The smallest absolute Gasteiger partial charge is 0.406 e. The number of ether oxygens (including phenoxy) is 1. The molecule has 0 aromatic rings. The number of carboxylic acid groups (broad SMARTS) is 1. The highest BCUT2D eigenvalue weighted by Crippen LogP contribution is 2.45. The molecule has 0 aliphatic carbocycles. The van der Waals surface area contributed by atoms with Gasteiger partial charge in [0.1, 0.15) is 0 Å². The minimum absolute atomic E-state index is 0.162. The summed E-state index contributed by atoms with van der Waals surface area (Å²) in [6.07, 6.45) is -5.52. The number of aliphatic carboxylic acids is 1. The van der Waals surface area contributed by atoms with Gasteiger partial charge in [0.05, 0.1) is 6.61 Å². The SMILES string of the molecule is CCOCCNC(=O)N1CCC(C(=O)O)(C(F)(F)F)C1. The Kier molecular flexibility index (Phi) is 5.21. The number of urea groups is 1. The average Bonchev–Trinajstić information content (AvgIpc) is 2.80. The van der Waals surface area contributed by atoms with E-state index in [4.69, 9.17) is 9.84 Å². The number of carbonyl (C=O) groups excluding carboxylic acids is 1. The summed E-state index contributed by atoms with van der Waals surface area (Å²) in [6, 6.07) is -0.711. The van der Waals surface area contributed by atoms with Crippen molar-refractivity contribution in [3.05, 3.63) is 0 Å². The molecule has 6 nitrogen and oxygen atoms in total. The molecule has 1 heterocycles. The van der Waals surface area contributed by atoms with Gasteiger partial charge in [0.25, 0.3) is 0 Å². The van der Waals surface area contributed by atoms with E-state index in [0.717, 1.165) is 4.90 Å². The molecule has 1 aliphatic heterocycles. The fraction of sp³-hybridized carbons (Fsp3) is 0.818. The van der Waals surface area contributed by atoms with Gasteiger partial charge in [-0.25, -0.2) is 4.79 Å². The highest BCUT2D eigenvalue weighted by atomic mass is 19.4. The van der Waals surface area contributed by atoms with Gasteiger partial charge >= 0.3 is 18.2 Å². The van der Waals surface area contributed by atoms with Crippen molar-refractivity contribution in [2.24, 2.45) is 5.41 Å². The van der Waals surface area contributed by atoms with Gasteiger partial charge in [-0.3, -0.25) is 4.79 Å². The molecule has 1 unspecified atom stereocenters. The molecule has 1 fully saturated rings. The van der Waals surface area contributed by atoms with Crippen molar-refractivity contribution >= 4 is 12.0 Å². The second-order valence-electron chi connectivity index (χ2n) is 4.49. The Hall–Kier alpha value is -1.51. The lowest BCUT2D eigenvalue weighted by atomic mass is 9.86. The van der Waals surface area contributed by atoms with Gasteiger partial charge in [0.2, 0.25) is 0 Å². The number of likely N-dealkylation sites (tertiary alicyclic amines) is 1. The maximum Gasteiger partial charge on any atom is 0.406 e. The first-order chi connectivity index (χ1) is 9.24. The second kappa shape index (κ2) is 6.29. The highest BCUT2D eigenvalue weighted by molar-refractivity contribution is 5.80. The predicted octanol–water partition coefficient (Wildman–Crippen LogP) is 1.07.